The van der Waals surface area contributed by atoms with Crippen LogP contribution < -0.4 is 0 Å². The maximum absolute atomic E-state index is 10.4. The van der Waals surface area contributed by atoms with Crippen molar-refractivity contribution < 1.29 is 5.11 Å². The molecule has 2 aromatic carbocycles. The zero-order valence-corrected chi connectivity index (χ0v) is 16.6. The Balaban J connectivity index is 2.32. The molecule has 0 spiro atoms. The molecule has 24 heavy (non-hydrogen) atoms. The summed E-state index contributed by atoms with van der Waals surface area (Å²) in [6.07, 6.45) is -0.730. The van der Waals surface area contributed by atoms with Crippen molar-refractivity contribution in [3.8, 4) is 11.3 Å². The molecular weight excluding hydrogens is 456 g/mol. The Bertz CT molecular complexity index is 932. The number of fused-ring (bicyclic) bond motifs is 1. The third-order valence-electron chi connectivity index (χ3n) is 3.58. The van der Waals surface area contributed by atoms with E-state index in [2.05, 4.69) is 20.9 Å². The molecule has 0 aliphatic rings. The minimum atomic E-state index is -0.730. The fourth-order valence-corrected chi connectivity index (χ4v) is 3.62. The van der Waals surface area contributed by atoms with Gasteiger partial charge in [-0.2, -0.15) is 0 Å². The van der Waals surface area contributed by atoms with Crippen LogP contribution in [-0.4, -0.2) is 15.4 Å². The molecule has 0 radical (unpaired) electrons. The van der Waals surface area contributed by atoms with Gasteiger partial charge in [-0.25, -0.2) is 4.98 Å². The van der Waals surface area contributed by atoms with Crippen molar-refractivity contribution >= 4 is 73.2 Å². The molecule has 7 heteroatoms. The lowest BCUT2D eigenvalue weighted by Gasteiger charge is -2.15. The molecule has 2 nitrogen and oxygen atoms in total. The maximum atomic E-state index is 10.4. The van der Waals surface area contributed by atoms with Crippen molar-refractivity contribution in [3.63, 3.8) is 0 Å². The summed E-state index contributed by atoms with van der Waals surface area (Å²) >= 11 is 27.8. The van der Waals surface area contributed by atoms with Crippen LogP contribution in [-0.2, 0) is 0 Å². The Morgan fingerprint density at radius 2 is 1.71 bits per heavy atom. The molecule has 0 aliphatic carbocycles. The van der Waals surface area contributed by atoms with E-state index < -0.39 is 6.10 Å². The molecule has 1 heterocycles. The summed E-state index contributed by atoms with van der Waals surface area (Å²) in [5.41, 5.74) is 2.67. The molecule has 1 N–H and O–H groups in total. The third-order valence-corrected chi connectivity index (χ3v) is 5.44. The van der Waals surface area contributed by atoms with Gasteiger partial charge in [-0.05, 0) is 35.9 Å². The minimum absolute atomic E-state index is 0.372. The predicted molar refractivity (Wildman–Crippen MR) is 106 cm³/mol. The maximum Gasteiger partial charge on any atom is 0.0900 e. The van der Waals surface area contributed by atoms with Gasteiger partial charge < -0.3 is 5.11 Å². The van der Waals surface area contributed by atoms with Gasteiger partial charge in [0.1, 0.15) is 0 Å². The second kappa shape index (κ2) is 7.36. The van der Waals surface area contributed by atoms with Gasteiger partial charge in [-0.1, -0.05) is 68.4 Å². The number of aliphatic hydroxyl groups excluding tert-OH is 1. The van der Waals surface area contributed by atoms with E-state index in [0.29, 0.717) is 47.6 Å². The van der Waals surface area contributed by atoms with Crippen molar-refractivity contribution in [1.29, 1.82) is 0 Å². The van der Waals surface area contributed by atoms with E-state index in [9.17, 15) is 5.11 Å². The van der Waals surface area contributed by atoms with E-state index in [4.69, 9.17) is 46.4 Å². The van der Waals surface area contributed by atoms with Crippen LogP contribution >= 0.6 is 62.3 Å². The highest BCUT2D eigenvalue weighted by Gasteiger charge is 2.17. The van der Waals surface area contributed by atoms with E-state index in [-0.39, 0.29) is 0 Å². The molecule has 0 fully saturated rings. The highest BCUT2D eigenvalue weighted by molar-refractivity contribution is 9.09. The molecule has 1 aromatic heterocycles. The summed E-state index contributed by atoms with van der Waals surface area (Å²) in [5.74, 6) is 0. The van der Waals surface area contributed by atoms with Crippen molar-refractivity contribution in [1.82, 2.24) is 4.98 Å². The normalized spacial score (nSPS) is 12.6. The highest BCUT2D eigenvalue weighted by atomic mass is 79.9. The Labute approximate surface area is 167 Å². The fraction of sp³-hybridized carbons (Fsp3) is 0.118. The molecule has 1 atom stereocenters. The van der Waals surface area contributed by atoms with Crippen molar-refractivity contribution in [2.75, 3.05) is 5.33 Å². The van der Waals surface area contributed by atoms with Crippen LogP contribution in [0.25, 0.3) is 22.2 Å². The first kappa shape index (κ1) is 18.2. The van der Waals surface area contributed by atoms with E-state index in [0.717, 1.165) is 5.56 Å². The average molecular weight is 466 g/mol. The number of rotatable bonds is 3. The zero-order chi connectivity index (χ0) is 17.4. The fourth-order valence-electron chi connectivity index (χ4n) is 2.44. The van der Waals surface area contributed by atoms with Gasteiger partial charge in [0.05, 0.1) is 32.4 Å². The molecule has 124 valence electrons. The van der Waals surface area contributed by atoms with E-state index >= 15 is 0 Å². The van der Waals surface area contributed by atoms with E-state index in [1.165, 1.54) is 0 Å². The Kier molecular flexibility index (Phi) is 5.60. The van der Waals surface area contributed by atoms with Crippen LogP contribution in [0.5, 0.6) is 0 Å². The molecular formula is C17H10BrCl4NO. The second-order valence-corrected chi connectivity index (χ2v) is 7.49. The quantitative estimate of drug-likeness (QED) is 0.425. The first-order valence-electron chi connectivity index (χ1n) is 6.90. The molecule has 0 saturated heterocycles. The Morgan fingerprint density at radius 1 is 0.958 bits per heavy atom. The molecule has 3 rings (SSSR count). The first-order valence-corrected chi connectivity index (χ1v) is 9.53. The molecule has 3 aromatic rings. The number of pyridine rings is 1. The number of alkyl halides is 1. The first-order chi connectivity index (χ1) is 11.4. The molecule has 0 aliphatic heterocycles. The third kappa shape index (κ3) is 3.52. The zero-order valence-electron chi connectivity index (χ0n) is 12.0. The largest absolute Gasteiger partial charge is 0.388 e. The van der Waals surface area contributed by atoms with Crippen LogP contribution in [0.4, 0.5) is 0 Å². The lowest BCUT2D eigenvalue weighted by Crippen LogP contribution is -2.02. The molecule has 0 unspecified atom stereocenters. The lowest BCUT2D eigenvalue weighted by molar-refractivity contribution is 0.207. The van der Waals surface area contributed by atoms with E-state index in [1.807, 2.05) is 6.07 Å². The monoisotopic (exact) mass is 463 g/mol. The van der Waals surface area contributed by atoms with Gasteiger partial charge in [0.15, 0.2) is 0 Å². The lowest BCUT2D eigenvalue weighted by atomic mass is 10.0. The average Bonchev–Trinajstić information content (AvgIpc) is 2.56. The predicted octanol–water partition coefficient (Wildman–Crippen LogP) is 6.94. The van der Waals surface area contributed by atoms with Gasteiger partial charge >= 0.3 is 0 Å². The number of benzene rings is 2. The van der Waals surface area contributed by atoms with Crippen LogP contribution in [0, 0.1) is 0 Å². The van der Waals surface area contributed by atoms with Gasteiger partial charge in [0.2, 0.25) is 0 Å². The van der Waals surface area contributed by atoms with Crippen molar-refractivity contribution in [2.24, 2.45) is 0 Å². The topological polar surface area (TPSA) is 33.1 Å². The smallest absolute Gasteiger partial charge is 0.0900 e. The highest BCUT2D eigenvalue weighted by Crippen LogP contribution is 2.36. The number of nitrogens with zero attached hydrogens (tertiary/aromatic N) is 1. The molecule has 0 saturated carbocycles. The Morgan fingerprint density at radius 3 is 2.38 bits per heavy atom. The minimum Gasteiger partial charge on any atom is -0.388 e. The summed E-state index contributed by atoms with van der Waals surface area (Å²) in [7, 11) is 0. The number of aromatic nitrogens is 1. The number of halogens is 5. The van der Waals surface area contributed by atoms with Crippen molar-refractivity contribution in [2.45, 2.75) is 6.10 Å². The summed E-state index contributed by atoms with van der Waals surface area (Å²) in [5, 5.41) is 13.3. The summed E-state index contributed by atoms with van der Waals surface area (Å²) in [6, 6.07) is 10.4. The van der Waals surface area contributed by atoms with Crippen LogP contribution in [0.1, 0.15) is 11.7 Å². The van der Waals surface area contributed by atoms with Crippen LogP contribution in [0.15, 0.2) is 36.4 Å². The van der Waals surface area contributed by atoms with E-state index in [1.54, 1.807) is 30.3 Å². The number of hydrogen-bond donors (Lipinski definition) is 1. The van der Waals surface area contributed by atoms with Crippen LogP contribution in [0.2, 0.25) is 20.1 Å². The summed E-state index contributed by atoms with van der Waals surface area (Å²) < 4.78 is 0. The Hall–Kier alpha value is -0.550. The van der Waals surface area contributed by atoms with Gasteiger partial charge in [0, 0.05) is 21.3 Å². The SMILES string of the molecule is O[C@@H](CBr)c1cc(-c2ccc(Cl)c(Cl)c2)nc2c(Cl)cc(Cl)cc12. The van der Waals surface area contributed by atoms with Gasteiger partial charge in [0.25, 0.3) is 0 Å². The van der Waals surface area contributed by atoms with Crippen molar-refractivity contribution in [3.05, 3.63) is 62.1 Å². The summed E-state index contributed by atoms with van der Waals surface area (Å²) in [4.78, 5) is 4.62. The molecule has 0 bridgehead atoms. The standard InChI is InChI=1S/C17H10BrCl4NO/c18-7-16(24)10-6-15(8-1-2-12(20)13(21)3-8)23-17-11(10)4-9(19)5-14(17)22/h1-6,16,24H,7H2/t16-/m0/s1. The van der Waals surface area contributed by atoms with Crippen LogP contribution in [0.3, 0.4) is 0 Å². The number of hydrogen-bond acceptors (Lipinski definition) is 2. The summed E-state index contributed by atoms with van der Waals surface area (Å²) in [6.45, 7) is 0. The van der Waals surface area contributed by atoms with Gasteiger partial charge in [-0.3, -0.25) is 0 Å². The number of aliphatic hydroxyl groups is 1. The second-order valence-electron chi connectivity index (χ2n) is 5.18. The molecule has 0 amide bonds. The van der Waals surface area contributed by atoms with Gasteiger partial charge in [-0.15, -0.1) is 0 Å².